The van der Waals surface area contributed by atoms with E-state index in [9.17, 15) is 9.18 Å². The average Bonchev–Trinajstić information content (AvgIpc) is 2.43. The number of fused-ring (bicyclic) bond motifs is 1. The number of ketones is 1. The maximum atomic E-state index is 13.1. The smallest absolute Gasteiger partial charge is 0.229 e. The molecular formula is C14H13FN4O. The molecule has 5 nitrogen and oxygen atoms in total. The number of aromatic nitrogens is 2. The van der Waals surface area contributed by atoms with Crippen LogP contribution in [0.25, 0.3) is 0 Å². The van der Waals surface area contributed by atoms with Crippen molar-refractivity contribution >= 4 is 23.2 Å². The van der Waals surface area contributed by atoms with E-state index in [1.807, 2.05) is 11.9 Å². The van der Waals surface area contributed by atoms with Crippen molar-refractivity contribution in [3.05, 3.63) is 41.8 Å². The summed E-state index contributed by atoms with van der Waals surface area (Å²) in [5.74, 6) is 0.668. The number of nitrogens with zero attached hydrogens (tertiary/aromatic N) is 3. The van der Waals surface area contributed by atoms with Crippen LogP contribution in [0.4, 0.5) is 21.8 Å². The molecule has 6 heteroatoms. The molecule has 0 atom stereocenters. The molecule has 1 aliphatic rings. The number of hydrogen-bond acceptors (Lipinski definition) is 5. The Hall–Kier alpha value is -2.50. The molecule has 0 fully saturated rings. The summed E-state index contributed by atoms with van der Waals surface area (Å²) in [5.41, 5.74) is 1.10. The zero-order valence-corrected chi connectivity index (χ0v) is 10.9. The van der Waals surface area contributed by atoms with Crippen LogP contribution >= 0.6 is 0 Å². The fourth-order valence-corrected chi connectivity index (χ4v) is 2.13. The molecule has 1 aromatic heterocycles. The molecule has 0 saturated heterocycles. The van der Waals surface area contributed by atoms with Crippen LogP contribution in [0.2, 0.25) is 0 Å². The van der Waals surface area contributed by atoms with Crippen LogP contribution in [0.3, 0.4) is 0 Å². The zero-order valence-electron chi connectivity index (χ0n) is 10.9. The van der Waals surface area contributed by atoms with E-state index in [-0.39, 0.29) is 11.6 Å². The van der Waals surface area contributed by atoms with E-state index in [1.165, 1.54) is 18.3 Å². The van der Waals surface area contributed by atoms with Gasteiger partial charge in [-0.15, -0.1) is 0 Å². The van der Waals surface area contributed by atoms with Crippen LogP contribution in [0.5, 0.6) is 0 Å². The van der Waals surface area contributed by atoms with Crippen LogP contribution in [0.15, 0.2) is 30.5 Å². The van der Waals surface area contributed by atoms with Crippen LogP contribution in [0.1, 0.15) is 16.8 Å². The van der Waals surface area contributed by atoms with Gasteiger partial charge >= 0.3 is 0 Å². The Morgan fingerprint density at radius 1 is 1.40 bits per heavy atom. The van der Waals surface area contributed by atoms with E-state index in [0.717, 1.165) is 0 Å². The van der Waals surface area contributed by atoms with Crippen molar-refractivity contribution in [3.8, 4) is 0 Å². The van der Waals surface area contributed by atoms with Gasteiger partial charge in [0.15, 0.2) is 5.78 Å². The summed E-state index contributed by atoms with van der Waals surface area (Å²) in [5, 5.41) is 2.93. The number of Topliss-reactive ketones (excluding diaryl/α,β-unsaturated/α-hetero) is 1. The third-order valence-corrected chi connectivity index (χ3v) is 3.19. The van der Waals surface area contributed by atoms with Crippen molar-refractivity contribution in [2.75, 3.05) is 23.8 Å². The summed E-state index contributed by atoms with van der Waals surface area (Å²) in [6.45, 7) is 0.641. The van der Waals surface area contributed by atoms with E-state index in [4.69, 9.17) is 0 Å². The molecule has 1 N–H and O–H groups in total. The van der Waals surface area contributed by atoms with E-state index < -0.39 is 0 Å². The highest BCUT2D eigenvalue weighted by Gasteiger charge is 2.23. The lowest BCUT2D eigenvalue weighted by Gasteiger charge is -2.25. The molecule has 0 bridgehead atoms. The fraction of sp³-hybridized carbons (Fsp3) is 0.214. The monoisotopic (exact) mass is 272 g/mol. The molecule has 2 aromatic rings. The summed E-state index contributed by atoms with van der Waals surface area (Å²) in [6, 6.07) is 6.05. The molecule has 0 saturated carbocycles. The minimum Gasteiger partial charge on any atom is -0.358 e. The van der Waals surface area contributed by atoms with Gasteiger partial charge in [-0.25, -0.2) is 9.37 Å². The number of hydrogen-bond donors (Lipinski definition) is 1. The molecule has 0 unspecified atom stereocenters. The Labute approximate surface area is 115 Å². The lowest BCUT2D eigenvalue weighted by molar-refractivity contribution is 0.0979. The van der Waals surface area contributed by atoms with Crippen molar-refractivity contribution in [1.29, 1.82) is 0 Å². The molecule has 102 valence electrons. The number of nitrogens with one attached hydrogen (secondary N) is 1. The topological polar surface area (TPSA) is 58.1 Å². The van der Waals surface area contributed by atoms with Crippen LogP contribution in [-0.2, 0) is 0 Å². The maximum Gasteiger partial charge on any atom is 0.229 e. The Bertz CT molecular complexity index is 674. The minimum atomic E-state index is -0.333. The van der Waals surface area contributed by atoms with Gasteiger partial charge in [0.2, 0.25) is 5.95 Å². The Balaban J connectivity index is 1.92. The molecule has 0 aliphatic carbocycles. The van der Waals surface area contributed by atoms with E-state index in [2.05, 4.69) is 15.3 Å². The molecule has 0 spiro atoms. The molecule has 3 rings (SSSR count). The summed E-state index contributed by atoms with van der Waals surface area (Å²) in [6.07, 6.45) is 1.99. The number of anilines is 3. The summed E-state index contributed by atoms with van der Waals surface area (Å²) >= 11 is 0. The highest BCUT2D eigenvalue weighted by Crippen LogP contribution is 2.25. The second kappa shape index (κ2) is 4.88. The van der Waals surface area contributed by atoms with Crippen LogP contribution in [0, 0.1) is 5.82 Å². The molecule has 20 heavy (non-hydrogen) atoms. The lowest BCUT2D eigenvalue weighted by atomic mass is 10.1. The predicted molar refractivity (Wildman–Crippen MR) is 73.9 cm³/mol. The number of rotatable bonds is 2. The molecule has 1 aliphatic heterocycles. The number of halogens is 1. The molecule has 2 heterocycles. The van der Waals surface area contributed by atoms with Crippen molar-refractivity contribution in [2.45, 2.75) is 6.42 Å². The van der Waals surface area contributed by atoms with Gasteiger partial charge in [-0.2, -0.15) is 4.98 Å². The molecule has 1 aromatic carbocycles. The Kier molecular flexibility index (Phi) is 3.06. The number of carbonyl (C=O) groups is 1. The van der Waals surface area contributed by atoms with Crippen LogP contribution < -0.4 is 10.2 Å². The predicted octanol–water partition coefficient (Wildman–Crippen LogP) is 2.38. The third-order valence-electron chi connectivity index (χ3n) is 3.19. The average molecular weight is 272 g/mol. The first-order valence-corrected chi connectivity index (χ1v) is 6.27. The first-order valence-electron chi connectivity index (χ1n) is 6.27. The third kappa shape index (κ3) is 2.32. The molecule has 0 amide bonds. The van der Waals surface area contributed by atoms with E-state index in [1.54, 1.807) is 12.1 Å². The largest absolute Gasteiger partial charge is 0.358 e. The normalized spacial score (nSPS) is 14.1. The van der Waals surface area contributed by atoms with E-state index >= 15 is 0 Å². The second-order valence-electron chi connectivity index (χ2n) is 4.66. The fourth-order valence-electron chi connectivity index (χ4n) is 2.13. The van der Waals surface area contributed by atoms with Crippen molar-refractivity contribution in [2.24, 2.45) is 0 Å². The summed E-state index contributed by atoms with van der Waals surface area (Å²) in [4.78, 5) is 22.1. The van der Waals surface area contributed by atoms with Crippen molar-refractivity contribution < 1.29 is 9.18 Å². The lowest BCUT2D eigenvalue weighted by Crippen LogP contribution is -2.29. The standard InChI is InChI=1S/C14H13FN4O/c1-19-6-5-12(20)11-8-16-14(18-13(11)19)17-10-4-2-3-9(15)7-10/h2-4,7-8H,5-6H2,1H3,(H,16,17,18). The first-order chi connectivity index (χ1) is 9.63. The van der Waals surface area contributed by atoms with Gasteiger partial charge in [0.25, 0.3) is 0 Å². The van der Waals surface area contributed by atoms with Gasteiger partial charge in [0, 0.05) is 31.9 Å². The van der Waals surface area contributed by atoms with Gasteiger partial charge in [-0.1, -0.05) is 6.07 Å². The molecular weight excluding hydrogens is 259 g/mol. The first kappa shape index (κ1) is 12.5. The quantitative estimate of drug-likeness (QED) is 0.909. The van der Waals surface area contributed by atoms with Gasteiger partial charge in [0.05, 0.1) is 5.56 Å². The number of benzene rings is 1. The summed E-state index contributed by atoms with van der Waals surface area (Å²) < 4.78 is 13.1. The SMILES string of the molecule is CN1CCC(=O)c2cnc(Nc3cccc(F)c3)nc21. The Morgan fingerprint density at radius 2 is 2.25 bits per heavy atom. The minimum absolute atomic E-state index is 0.0513. The second-order valence-corrected chi connectivity index (χ2v) is 4.66. The Morgan fingerprint density at radius 3 is 3.05 bits per heavy atom. The van der Waals surface area contributed by atoms with Crippen molar-refractivity contribution in [3.63, 3.8) is 0 Å². The zero-order chi connectivity index (χ0) is 14.1. The van der Waals surface area contributed by atoms with Gasteiger partial charge < -0.3 is 10.2 Å². The van der Waals surface area contributed by atoms with E-state index in [0.29, 0.717) is 36.0 Å². The van der Waals surface area contributed by atoms with Gasteiger partial charge in [-0.3, -0.25) is 4.79 Å². The highest BCUT2D eigenvalue weighted by atomic mass is 19.1. The maximum absolute atomic E-state index is 13.1. The van der Waals surface area contributed by atoms with Crippen LogP contribution in [-0.4, -0.2) is 29.3 Å². The van der Waals surface area contributed by atoms with Gasteiger partial charge in [-0.05, 0) is 18.2 Å². The number of carbonyl (C=O) groups excluding carboxylic acids is 1. The summed E-state index contributed by atoms with van der Waals surface area (Å²) in [7, 11) is 1.88. The van der Waals surface area contributed by atoms with Crippen molar-refractivity contribution in [1.82, 2.24) is 9.97 Å². The highest BCUT2D eigenvalue weighted by molar-refractivity contribution is 6.02. The molecule has 0 radical (unpaired) electrons. The van der Waals surface area contributed by atoms with Gasteiger partial charge in [0.1, 0.15) is 11.6 Å².